The number of imidazole rings is 1. The van der Waals surface area contributed by atoms with Crippen LogP contribution in [0.5, 0.6) is 0 Å². The lowest BCUT2D eigenvalue weighted by Gasteiger charge is -2.33. The van der Waals surface area contributed by atoms with E-state index in [0.717, 1.165) is 6.17 Å². The first-order valence-corrected chi connectivity index (χ1v) is 15.5. The average molecular weight is 499 g/mol. The number of hydrogen-bond acceptors (Lipinski definition) is 1. The van der Waals surface area contributed by atoms with Crippen molar-refractivity contribution in [3.63, 3.8) is 0 Å². The van der Waals surface area contributed by atoms with Gasteiger partial charge in [0.05, 0.1) is 6.33 Å². The zero-order valence-electron chi connectivity index (χ0n) is 21.7. The molecule has 1 aromatic heterocycles. The molecule has 0 fully saturated rings. The van der Waals surface area contributed by atoms with Crippen molar-refractivity contribution in [3.05, 3.63) is 153 Å². The third-order valence-electron chi connectivity index (χ3n) is 6.89. The van der Waals surface area contributed by atoms with Gasteiger partial charge in [-0.1, -0.05) is 156 Å². The quantitative estimate of drug-likeness (QED) is 0.258. The van der Waals surface area contributed by atoms with Gasteiger partial charge in [0.1, 0.15) is 8.07 Å². The molecule has 0 aliphatic heterocycles. The van der Waals surface area contributed by atoms with Gasteiger partial charge in [0, 0.05) is 18.6 Å². The molecule has 0 aliphatic carbocycles. The van der Waals surface area contributed by atoms with Crippen molar-refractivity contribution in [3.8, 4) is 0 Å². The second-order valence-corrected chi connectivity index (χ2v) is 13.5. The largest absolute Gasteiger partial charge is 0.340 e. The molecule has 0 aliphatic rings. The van der Waals surface area contributed by atoms with Gasteiger partial charge < -0.3 is 4.57 Å². The summed E-state index contributed by atoms with van der Waals surface area (Å²) in [4.78, 5) is 4.24. The fourth-order valence-corrected chi connectivity index (χ4v) is 9.89. The maximum absolute atomic E-state index is 4.24. The molecule has 2 nitrogen and oxygen atoms in total. The van der Waals surface area contributed by atoms with Crippen molar-refractivity contribution in [2.75, 3.05) is 0 Å². The Morgan fingerprint density at radius 2 is 1.19 bits per heavy atom. The van der Waals surface area contributed by atoms with E-state index in [9.17, 15) is 0 Å². The first kappa shape index (κ1) is 26.2. The van der Waals surface area contributed by atoms with E-state index in [-0.39, 0.29) is 0 Å². The highest BCUT2D eigenvalue weighted by atomic mass is 28.3. The normalized spacial score (nSPS) is 10.7. The molecule has 0 spiro atoms. The van der Waals surface area contributed by atoms with Gasteiger partial charge >= 0.3 is 0 Å². The first-order valence-electron chi connectivity index (χ1n) is 13.1. The third kappa shape index (κ3) is 6.66. The minimum atomic E-state index is -1.83. The predicted molar refractivity (Wildman–Crippen MR) is 163 cm³/mol. The number of aromatic nitrogens is 2. The molecular formula is C33H35BN2Si. The molecule has 0 bridgehead atoms. The minimum Gasteiger partial charge on any atom is -0.340 e. The van der Waals surface area contributed by atoms with Crippen LogP contribution in [0.1, 0.15) is 13.3 Å². The van der Waals surface area contributed by atoms with Crippen LogP contribution in [-0.4, -0.2) is 24.3 Å². The van der Waals surface area contributed by atoms with Crippen LogP contribution in [0.4, 0.5) is 0 Å². The lowest BCUT2D eigenvalue weighted by molar-refractivity contribution is 0.844. The summed E-state index contributed by atoms with van der Waals surface area (Å²) in [6, 6.07) is 44.3. The van der Waals surface area contributed by atoms with Gasteiger partial charge in [-0.05, 0) is 6.04 Å². The van der Waals surface area contributed by atoms with E-state index in [4.69, 9.17) is 0 Å². The molecular weight excluding hydrogens is 463 g/mol. The van der Waals surface area contributed by atoms with E-state index in [2.05, 4.69) is 138 Å². The Hall–Kier alpha value is -3.89. The minimum absolute atomic E-state index is 0.299. The van der Waals surface area contributed by atoms with Crippen LogP contribution in [0, 0.1) is 0 Å². The number of rotatable bonds is 9. The summed E-state index contributed by atoms with van der Waals surface area (Å²) >= 11 is 0. The van der Waals surface area contributed by atoms with E-state index >= 15 is 0 Å². The van der Waals surface area contributed by atoms with Crippen LogP contribution in [-0.2, 0) is 6.17 Å². The summed E-state index contributed by atoms with van der Waals surface area (Å²) in [5.74, 6) is 1.99. The maximum Gasteiger partial charge on any atom is 0.233 e. The summed E-state index contributed by atoms with van der Waals surface area (Å²) in [6.45, 7) is 6.51. The standard InChI is InChI=1S/C19H22N2Si.C14H13B/c1-2-15-22(17-21-14-13-20-16-21,18-9-5-3-6-10-18)19-11-7-4-8-12-19;1-2-15(13-9-5-3-6-10-13)14-11-7-4-8-12-14/h3-14,16H,2,15,17H2,1H3;2-12H,1H2. The van der Waals surface area contributed by atoms with Crippen LogP contribution in [0.15, 0.2) is 153 Å². The van der Waals surface area contributed by atoms with E-state index in [0.29, 0.717) is 6.71 Å². The molecule has 184 valence electrons. The Kier molecular flexibility index (Phi) is 9.50. The number of benzene rings is 4. The topological polar surface area (TPSA) is 17.8 Å². The van der Waals surface area contributed by atoms with Crippen LogP contribution in [0.2, 0.25) is 6.04 Å². The third-order valence-corrected chi connectivity index (χ3v) is 12.0. The molecule has 0 amide bonds. The molecule has 4 aromatic carbocycles. The molecule has 0 atom stereocenters. The Labute approximate surface area is 223 Å². The molecule has 0 unspecified atom stereocenters. The summed E-state index contributed by atoms with van der Waals surface area (Å²) in [7, 11) is -1.83. The van der Waals surface area contributed by atoms with Gasteiger partial charge in [-0.2, -0.15) is 0 Å². The van der Waals surface area contributed by atoms with Gasteiger partial charge in [0.25, 0.3) is 0 Å². The van der Waals surface area contributed by atoms with Crippen molar-refractivity contribution < 1.29 is 0 Å². The van der Waals surface area contributed by atoms with Gasteiger partial charge in [0.15, 0.2) is 0 Å². The van der Waals surface area contributed by atoms with Crippen molar-refractivity contribution in [1.82, 2.24) is 9.55 Å². The lowest BCUT2D eigenvalue weighted by Crippen LogP contribution is -2.61. The van der Waals surface area contributed by atoms with Crippen LogP contribution in [0.25, 0.3) is 0 Å². The first-order chi connectivity index (χ1) is 18.3. The maximum atomic E-state index is 4.24. The molecule has 5 rings (SSSR count). The van der Waals surface area contributed by atoms with Gasteiger partial charge in [-0.25, -0.2) is 4.98 Å². The Bertz CT molecular complexity index is 1230. The van der Waals surface area contributed by atoms with Crippen molar-refractivity contribution in [2.45, 2.75) is 25.6 Å². The van der Waals surface area contributed by atoms with Crippen molar-refractivity contribution in [2.24, 2.45) is 0 Å². The SMILES string of the molecule is C=CB(c1ccccc1)c1ccccc1.CCC[Si](Cn1ccnc1)(c1ccccc1)c1ccccc1. The monoisotopic (exact) mass is 498 g/mol. The van der Waals surface area contributed by atoms with Crippen LogP contribution < -0.4 is 21.3 Å². The van der Waals surface area contributed by atoms with Crippen LogP contribution >= 0.6 is 0 Å². The van der Waals surface area contributed by atoms with Crippen LogP contribution in [0.3, 0.4) is 0 Å². The molecule has 0 N–H and O–H groups in total. The summed E-state index contributed by atoms with van der Waals surface area (Å²) in [6.07, 6.45) is 8.16. The zero-order valence-corrected chi connectivity index (χ0v) is 22.7. The Balaban J connectivity index is 0.000000186. The van der Waals surface area contributed by atoms with E-state index in [1.54, 1.807) is 0 Å². The second-order valence-electron chi connectivity index (χ2n) is 9.33. The average Bonchev–Trinajstić information content (AvgIpc) is 3.49. The van der Waals surface area contributed by atoms with E-state index in [1.165, 1.54) is 33.8 Å². The highest BCUT2D eigenvalue weighted by molar-refractivity contribution is 7.01. The van der Waals surface area contributed by atoms with Gasteiger partial charge in [-0.15, -0.1) is 12.6 Å². The summed E-state index contributed by atoms with van der Waals surface area (Å²) < 4.78 is 2.25. The molecule has 1 heterocycles. The predicted octanol–water partition coefficient (Wildman–Crippen LogP) is 5.12. The molecule has 37 heavy (non-hydrogen) atoms. The smallest absolute Gasteiger partial charge is 0.233 e. The Morgan fingerprint density at radius 1 is 0.730 bits per heavy atom. The molecule has 5 aromatic rings. The van der Waals surface area contributed by atoms with Crippen molar-refractivity contribution in [1.29, 1.82) is 0 Å². The number of nitrogens with zero attached hydrogens (tertiary/aromatic N) is 2. The second kappa shape index (κ2) is 13.4. The highest BCUT2D eigenvalue weighted by Crippen LogP contribution is 2.16. The van der Waals surface area contributed by atoms with Gasteiger partial charge in [0.2, 0.25) is 6.71 Å². The highest BCUT2D eigenvalue weighted by Gasteiger charge is 2.36. The molecule has 4 heteroatoms. The molecule has 0 saturated heterocycles. The summed E-state index contributed by atoms with van der Waals surface area (Å²) in [5.41, 5.74) is 2.58. The van der Waals surface area contributed by atoms with E-state index in [1.807, 2.05) is 30.6 Å². The van der Waals surface area contributed by atoms with E-state index < -0.39 is 8.07 Å². The molecule has 0 saturated carbocycles. The Morgan fingerprint density at radius 3 is 1.57 bits per heavy atom. The fourth-order valence-electron chi connectivity index (χ4n) is 5.14. The zero-order chi connectivity index (χ0) is 25.8. The van der Waals surface area contributed by atoms with Crippen molar-refractivity contribution >= 4 is 36.1 Å². The fraction of sp³-hybridized carbons (Fsp3) is 0.121. The number of hydrogen-bond donors (Lipinski definition) is 0. The summed E-state index contributed by atoms with van der Waals surface area (Å²) in [5, 5.41) is 3.02. The lowest BCUT2D eigenvalue weighted by atomic mass is 9.41. The molecule has 0 radical (unpaired) electrons. The van der Waals surface area contributed by atoms with Gasteiger partial charge in [-0.3, -0.25) is 0 Å².